The quantitative estimate of drug-likeness (QED) is 0.0269. The molecule has 0 radical (unpaired) electrons. The summed E-state index contributed by atoms with van der Waals surface area (Å²) in [7, 11) is 0. The Bertz CT molecular complexity index is 4260. The van der Waals surface area contributed by atoms with Crippen LogP contribution in [0, 0.1) is 52.3 Å². The van der Waals surface area contributed by atoms with Crippen molar-refractivity contribution in [2.24, 2.45) is 63.7 Å². The van der Waals surface area contributed by atoms with Crippen LogP contribution in [0.15, 0.2) is 43.0 Å². The molecule has 21 N–H and O–H groups in total. The van der Waals surface area contributed by atoms with E-state index in [2.05, 4.69) is 82.0 Å². The van der Waals surface area contributed by atoms with Crippen molar-refractivity contribution in [1.29, 1.82) is 0 Å². The lowest BCUT2D eigenvalue weighted by molar-refractivity contribution is -0.202. The van der Waals surface area contributed by atoms with Gasteiger partial charge in [0.15, 0.2) is 0 Å². The van der Waals surface area contributed by atoms with Gasteiger partial charge in [-0.25, -0.2) is 4.98 Å². The molecule has 0 spiro atoms. The number of hydrogen-bond acceptors (Lipinski definition) is 25. The first-order valence-corrected chi connectivity index (χ1v) is 46.2. The van der Waals surface area contributed by atoms with Gasteiger partial charge in [-0.2, -0.15) is 11.8 Å². The molecule has 4 saturated carbocycles. The normalized spacial score (nSPS) is 24.2. The number of aliphatic hydroxyl groups excluding tert-OH is 2. The van der Waals surface area contributed by atoms with Crippen molar-refractivity contribution in [2.45, 2.75) is 205 Å². The zero-order valence-corrected chi connectivity index (χ0v) is 76.2. The molecule has 5 aliphatic rings. The summed E-state index contributed by atoms with van der Waals surface area (Å²) >= 11 is 1.46. The lowest BCUT2D eigenvalue weighted by Crippen LogP contribution is -2.63. The van der Waals surface area contributed by atoms with Gasteiger partial charge in [0.25, 0.3) is 0 Å². The number of nitrogens with zero attached hydrogens (tertiary/aromatic N) is 5. The Morgan fingerprint density at radius 3 is 1.76 bits per heavy atom. The third kappa shape index (κ3) is 31.7. The Kier molecular flexibility index (Phi) is 40.8. The van der Waals surface area contributed by atoms with Crippen molar-refractivity contribution in [2.75, 3.05) is 130 Å². The van der Waals surface area contributed by atoms with Crippen LogP contribution >= 0.6 is 11.8 Å². The molecule has 129 heavy (non-hydrogen) atoms. The van der Waals surface area contributed by atoms with E-state index >= 15 is 0 Å². The lowest BCUT2D eigenvalue weighted by atomic mass is 9.43. The number of aliphatic hydroxyl groups is 2. The average molecular weight is 1830 g/mol. The van der Waals surface area contributed by atoms with E-state index in [-0.39, 0.29) is 221 Å². The molecule has 0 unspecified atom stereocenters. The summed E-state index contributed by atoms with van der Waals surface area (Å²) in [5.74, 6) is -11.2. The maximum absolute atomic E-state index is 14.6. The number of carboxylic acid groups (broad SMARTS) is 3. The molecule has 3 aromatic rings. The number of aromatic amines is 2. The summed E-state index contributed by atoms with van der Waals surface area (Å²) in [4.78, 5) is 215. The average Bonchev–Trinajstić information content (AvgIpc) is 1.72. The largest absolute Gasteiger partial charge is 0.480 e. The van der Waals surface area contributed by atoms with Gasteiger partial charge in [0.05, 0.1) is 76.8 Å². The van der Waals surface area contributed by atoms with E-state index in [0.717, 1.165) is 30.2 Å². The molecule has 12 amide bonds. The Balaban J connectivity index is 0.785. The second-order valence-electron chi connectivity index (χ2n) is 36.2. The molecule has 2 aromatic heterocycles. The van der Waals surface area contributed by atoms with Gasteiger partial charge in [0.1, 0.15) is 48.9 Å². The van der Waals surface area contributed by atoms with Crippen LogP contribution in [0.4, 0.5) is 0 Å². The number of ether oxygens (including phenoxy) is 2. The van der Waals surface area contributed by atoms with Crippen molar-refractivity contribution >= 4 is 111 Å². The number of amides is 12. The van der Waals surface area contributed by atoms with E-state index in [1.165, 1.54) is 38.1 Å². The molecule has 3 heterocycles. The number of benzene rings is 1. The fourth-order valence-corrected chi connectivity index (χ4v) is 20.0. The fraction of sp³-hybridized carbons (Fsp3) is 0.701. The van der Waals surface area contributed by atoms with Crippen molar-refractivity contribution < 1.29 is 107 Å². The molecule has 5 fully saturated rings. The minimum atomic E-state index is -1.41. The van der Waals surface area contributed by atoms with Gasteiger partial charge in [-0.1, -0.05) is 52.8 Å². The number of H-pyrrole nitrogens is 2. The number of carbonyl (C=O) groups excluding carboxylic acids is 12. The van der Waals surface area contributed by atoms with E-state index in [1.807, 2.05) is 50.1 Å². The molecule has 0 bridgehead atoms. The van der Waals surface area contributed by atoms with E-state index < -0.39 is 143 Å². The van der Waals surface area contributed by atoms with Crippen molar-refractivity contribution in [1.82, 2.24) is 87.7 Å². The second-order valence-corrected chi connectivity index (χ2v) is 37.2. The van der Waals surface area contributed by atoms with Crippen LogP contribution in [-0.4, -0.2) is 339 Å². The number of rotatable bonds is 49. The molecule has 41 nitrogen and oxygen atoms in total. The number of nitrogens with two attached hydrogens (primary N) is 2. The van der Waals surface area contributed by atoms with Crippen LogP contribution in [0.25, 0.3) is 10.9 Å². The molecule has 1 aromatic carbocycles. The van der Waals surface area contributed by atoms with Gasteiger partial charge in [-0.15, -0.1) is 0 Å². The molecule has 718 valence electrons. The number of carbonyl (C=O) groups is 15. The van der Waals surface area contributed by atoms with Gasteiger partial charge in [0.2, 0.25) is 70.9 Å². The number of aromatic nitrogens is 3. The number of para-hydroxylation sites is 1. The molecule has 4 aliphatic carbocycles. The second kappa shape index (κ2) is 50.4. The van der Waals surface area contributed by atoms with Crippen molar-refractivity contribution in [3.05, 3.63) is 54.2 Å². The first-order chi connectivity index (χ1) is 61.2. The van der Waals surface area contributed by atoms with Gasteiger partial charge >= 0.3 is 17.9 Å². The summed E-state index contributed by atoms with van der Waals surface area (Å²) in [5, 5.41) is 81.1. The van der Waals surface area contributed by atoms with Crippen LogP contribution in [0.3, 0.4) is 0 Å². The van der Waals surface area contributed by atoms with Crippen LogP contribution in [-0.2, 0) is 94.2 Å². The van der Waals surface area contributed by atoms with E-state index in [0.29, 0.717) is 49.1 Å². The number of aliphatic carboxylic acids is 3. The maximum Gasteiger partial charge on any atom is 0.317 e. The highest BCUT2D eigenvalue weighted by Crippen LogP contribution is 2.68. The van der Waals surface area contributed by atoms with Gasteiger partial charge in [-0.05, 0) is 160 Å². The standard InChI is InChI=1S/C87H137N19O22S/c1-50(2)35-65(84(125)100-63(79(89)120)20-34-129-8)101-85(126)67(39-57-42-90-49-94-57)99-72(111)43-93-80(121)52(4)95-81(122)53(5)96-83(124)66(36-54-41-92-62-12-10-9-11-58(54)62)102-82(123)64(16-17-70(88)109)98-71(110)18-13-51(3)59-14-15-60-78-61(40-69(108)87(59,60)7)86(6)21-19-56(37-55(86)38-68(78)107)97-74(113)48-128-33-32-127-31-22-91-73(112)44-103-23-25-104(45-75(114)115)27-29-106(47-77(118)119)30-28-105(26-24-103)46-76(116)117/h9-12,41-42,49-53,55-56,59-61,63-69,78,92,107-108H,13-40,43-48H2,1-8H3,(H2,88,109)(H2,89,120)(H,90,94)(H,91,112)(H,93,121)(H,95,122)(H,96,124)(H,97,113)(H,98,110)(H,99,111)(H,100,125)(H,101,126)(H,102,123)(H,114,115)(H,116,117)(H,118,119)/t51-,52+,53+,55+,56+,59-,60+,61+,63+,64+,65+,66+,67+,68-,69+,78+,86+,87-/m1/s1. The van der Waals surface area contributed by atoms with E-state index in [9.17, 15) is 97.5 Å². The molecule has 8 rings (SSSR count). The smallest absolute Gasteiger partial charge is 0.317 e. The Labute approximate surface area is 755 Å². The van der Waals surface area contributed by atoms with Crippen molar-refractivity contribution in [3.63, 3.8) is 0 Å². The highest BCUT2D eigenvalue weighted by molar-refractivity contribution is 7.98. The lowest BCUT2D eigenvalue weighted by Gasteiger charge is -2.63. The Hall–Kier alpha value is -9.95. The number of fused-ring (bicyclic) bond motifs is 6. The molecule has 1 aliphatic heterocycles. The summed E-state index contributed by atoms with van der Waals surface area (Å²) in [6, 6.07) is -1.80. The number of carboxylic acids is 3. The van der Waals surface area contributed by atoms with Gasteiger partial charge < -0.3 is 110 Å². The van der Waals surface area contributed by atoms with Crippen LogP contribution in [0.2, 0.25) is 0 Å². The van der Waals surface area contributed by atoms with Gasteiger partial charge in [0, 0.05) is 114 Å². The summed E-state index contributed by atoms with van der Waals surface area (Å²) in [5.41, 5.74) is 12.0. The number of imidazole rings is 1. The highest BCUT2D eigenvalue weighted by atomic mass is 32.2. The van der Waals surface area contributed by atoms with Crippen molar-refractivity contribution in [3.8, 4) is 0 Å². The zero-order valence-electron chi connectivity index (χ0n) is 75.4. The first-order valence-electron chi connectivity index (χ1n) is 44.8. The fourth-order valence-electron chi connectivity index (χ4n) is 19.6. The number of thioether (sulfide) groups is 1. The minimum absolute atomic E-state index is 0.00298. The Morgan fingerprint density at radius 2 is 1.15 bits per heavy atom. The predicted octanol–water partition coefficient (Wildman–Crippen LogP) is -2.10. The third-order valence-corrected chi connectivity index (χ3v) is 27.2. The predicted molar refractivity (Wildman–Crippen MR) is 474 cm³/mol. The number of primary amides is 2. The van der Waals surface area contributed by atoms with Gasteiger partial charge in [-0.3, -0.25) is 91.5 Å². The first kappa shape index (κ1) is 104. The Morgan fingerprint density at radius 1 is 0.574 bits per heavy atom. The monoisotopic (exact) mass is 1830 g/mol. The highest BCUT2D eigenvalue weighted by Gasteiger charge is 2.66. The molecule has 18 atom stereocenters. The van der Waals surface area contributed by atoms with Crippen LogP contribution in [0.1, 0.15) is 143 Å². The SMILES string of the molecule is CSCC[C@H](NC(=O)[C@H](CC(C)C)NC(=O)[C@H](Cc1c[nH]cn1)NC(=O)CNC(=O)[C@H](C)NC(=O)[C@H](C)NC(=O)[C@H](Cc1c[nH]c2ccccc12)NC(=O)[C@H](CCC(N)=O)NC(=O)CC[C@@H](C)[C@H]1CC[C@H]2[C@@H]3[C@H](O)C[C@@H]4C[C@@H](NC(=O)COCCOCCNC(=O)CN5CCN(CC(=O)O)CCN(CC(=O)O)CCN(CC(=O)O)CC5)CC[C@]4(C)[C@H]3C[C@H](O)[C@]12C)C(N)=O. The maximum atomic E-state index is 14.6. The molecule has 42 heteroatoms. The molecular formula is C87H137N19O22S. The topological polar surface area (TPSA) is 605 Å². The van der Waals surface area contributed by atoms with Crippen LogP contribution in [0.5, 0.6) is 0 Å². The third-order valence-electron chi connectivity index (χ3n) is 26.5. The number of hydrogen-bond donors (Lipinski definition) is 19. The summed E-state index contributed by atoms with van der Waals surface area (Å²) in [6.07, 6.45) is 9.47. The molecule has 1 saturated heterocycles. The minimum Gasteiger partial charge on any atom is -0.480 e. The van der Waals surface area contributed by atoms with Crippen LogP contribution < -0.4 is 64.6 Å². The summed E-state index contributed by atoms with van der Waals surface area (Å²) < 4.78 is 11.4. The van der Waals surface area contributed by atoms with E-state index in [1.54, 1.807) is 27.0 Å². The van der Waals surface area contributed by atoms with E-state index in [4.69, 9.17) is 20.9 Å². The number of nitrogens with one attached hydrogen (secondary N) is 12. The molecular weight excluding hydrogens is 1700 g/mol. The summed E-state index contributed by atoms with van der Waals surface area (Å²) in [6.45, 7) is 13.6. The zero-order chi connectivity index (χ0) is 94.4.